The molecule has 0 saturated carbocycles. The molecule has 2 rings (SSSR count). The lowest BCUT2D eigenvalue weighted by Crippen LogP contribution is -2.33. The minimum Gasteiger partial charge on any atom is -0.369 e. The average molecular weight is 250 g/mol. The first-order valence-electron chi connectivity index (χ1n) is 6.13. The number of morpholine rings is 1. The van der Waals surface area contributed by atoms with Gasteiger partial charge in [0.2, 0.25) is 5.91 Å². The number of ether oxygens (including phenoxy) is 1. The van der Waals surface area contributed by atoms with Crippen LogP contribution < -0.4 is 10.6 Å². The maximum absolute atomic E-state index is 11.2. The molecule has 6 nitrogen and oxygen atoms in total. The molecule has 1 unspecified atom stereocenters. The molecule has 0 radical (unpaired) electrons. The summed E-state index contributed by atoms with van der Waals surface area (Å²) < 4.78 is 5.62. The molecule has 6 heteroatoms. The summed E-state index contributed by atoms with van der Waals surface area (Å²) >= 11 is 0. The van der Waals surface area contributed by atoms with Gasteiger partial charge in [-0.25, -0.2) is 0 Å². The molecule has 1 atom stereocenters. The molecule has 2 heterocycles. The van der Waals surface area contributed by atoms with Crippen LogP contribution in [-0.2, 0) is 16.0 Å². The molecule has 0 aliphatic carbocycles. The Morgan fingerprint density at radius 2 is 2.50 bits per heavy atom. The Balaban J connectivity index is 1.98. The highest BCUT2D eigenvalue weighted by molar-refractivity contribution is 5.75. The van der Waals surface area contributed by atoms with E-state index in [9.17, 15) is 4.79 Å². The number of hydrogen-bond acceptors (Lipinski definition) is 5. The number of carbonyl (C=O) groups is 1. The summed E-state index contributed by atoms with van der Waals surface area (Å²) in [6.45, 7) is 2.32. The predicted molar refractivity (Wildman–Crippen MR) is 66.0 cm³/mol. The standard InChI is InChI=1S/C12H18N4O2/c1-13-12(17)3-2-9-6-15-7-10(16-9)11-8-14-4-5-18-11/h6-7,11,14H,2-5,8H2,1H3,(H,13,17). The molecule has 1 aliphatic heterocycles. The van der Waals surface area contributed by atoms with E-state index in [0.29, 0.717) is 19.4 Å². The zero-order chi connectivity index (χ0) is 12.8. The molecule has 1 fully saturated rings. The van der Waals surface area contributed by atoms with Crippen LogP contribution in [0.25, 0.3) is 0 Å². The maximum atomic E-state index is 11.2. The van der Waals surface area contributed by atoms with Gasteiger partial charge in [-0.1, -0.05) is 0 Å². The summed E-state index contributed by atoms with van der Waals surface area (Å²) in [7, 11) is 1.63. The normalized spacial score (nSPS) is 19.5. The van der Waals surface area contributed by atoms with Gasteiger partial charge in [0, 0.05) is 32.8 Å². The van der Waals surface area contributed by atoms with Crippen molar-refractivity contribution in [3.05, 3.63) is 23.8 Å². The van der Waals surface area contributed by atoms with Crippen molar-refractivity contribution in [1.82, 2.24) is 20.6 Å². The van der Waals surface area contributed by atoms with Crippen LogP contribution in [0.5, 0.6) is 0 Å². The fraction of sp³-hybridized carbons (Fsp3) is 0.583. The summed E-state index contributed by atoms with van der Waals surface area (Å²) in [4.78, 5) is 19.8. The second-order valence-corrected chi connectivity index (χ2v) is 4.17. The largest absolute Gasteiger partial charge is 0.369 e. The lowest BCUT2D eigenvalue weighted by Gasteiger charge is -2.23. The number of nitrogens with zero attached hydrogens (tertiary/aromatic N) is 2. The second kappa shape index (κ2) is 6.42. The fourth-order valence-electron chi connectivity index (χ4n) is 1.82. The molecule has 1 aromatic heterocycles. The Hall–Kier alpha value is -1.53. The number of amides is 1. The predicted octanol–water partition coefficient (Wildman–Crippen LogP) is -0.184. The van der Waals surface area contributed by atoms with Gasteiger partial charge in [0.1, 0.15) is 6.10 Å². The van der Waals surface area contributed by atoms with E-state index in [1.165, 1.54) is 0 Å². The Bertz CT molecular complexity index is 405. The summed E-state index contributed by atoms with van der Waals surface area (Å²) in [5.74, 6) is 0.0118. The van der Waals surface area contributed by atoms with Crippen LogP contribution in [-0.4, -0.2) is 42.6 Å². The van der Waals surface area contributed by atoms with Crippen LogP contribution in [0.1, 0.15) is 23.9 Å². The van der Waals surface area contributed by atoms with E-state index in [-0.39, 0.29) is 12.0 Å². The third-order valence-corrected chi connectivity index (χ3v) is 2.85. The Kier molecular flexibility index (Phi) is 4.60. The first-order chi connectivity index (χ1) is 8.79. The fourth-order valence-corrected chi connectivity index (χ4v) is 1.82. The van der Waals surface area contributed by atoms with Gasteiger partial charge in [-0.05, 0) is 6.42 Å². The molecule has 2 N–H and O–H groups in total. The van der Waals surface area contributed by atoms with Crippen molar-refractivity contribution in [1.29, 1.82) is 0 Å². The molecule has 0 bridgehead atoms. The lowest BCUT2D eigenvalue weighted by atomic mass is 10.2. The van der Waals surface area contributed by atoms with Gasteiger partial charge in [0.05, 0.1) is 24.2 Å². The number of nitrogens with one attached hydrogen (secondary N) is 2. The maximum Gasteiger partial charge on any atom is 0.220 e. The topological polar surface area (TPSA) is 76.1 Å². The van der Waals surface area contributed by atoms with Gasteiger partial charge >= 0.3 is 0 Å². The number of aromatic nitrogens is 2. The molecule has 0 spiro atoms. The van der Waals surface area contributed by atoms with Crippen molar-refractivity contribution >= 4 is 5.91 Å². The van der Waals surface area contributed by atoms with Crippen molar-refractivity contribution in [2.45, 2.75) is 18.9 Å². The number of hydrogen-bond donors (Lipinski definition) is 2. The molecule has 18 heavy (non-hydrogen) atoms. The molecule has 1 amide bonds. The van der Waals surface area contributed by atoms with E-state index in [1.54, 1.807) is 19.4 Å². The Morgan fingerprint density at radius 3 is 3.22 bits per heavy atom. The zero-order valence-electron chi connectivity index (χ0n) is 10.5. The number of aryl methyl sites for hydroxylation is 1. The third kappa shape index (κ3) is 3.48. The van der Waals surface area contributed by atoms with Crippen molar-refractivity contribution in [3.8, 4) is 0 Å². The summed E-state index contributed by atoms with van der Waals surface area (Å²) in [5.41, 5.74) is 1.65. The monoisotopic (exact) mass is 250 g/mol. The minimum atomic E-state index is -0.0359. The van der Waals surface area contributed by atoms with Crippen LogP contribution in [0.15, 0.2) is 12.4 Å². The third-order valence-electron chi connectivity index (χ3n) is 2.85. The lowest BCUT2D eigenvalue weighted by molar-refractivity contribution is -0.120. The summed E-state index contributed by atoms with van der Waals surface area (Å²) in [5, 5.41) is 5.85. The van der Waals surface area contributed by atoms with Crippen LogP contribution in [0.2, 0.25) is 0 Å². The van der Waals surface area contributed by atoms with E-state index in [1.807, 2.05) is 0 Å². The quantitative estimate of drug-likeness (QED) is 0.775. The SMILES string of the molecule is CNC(=O)CCc1cncc(C2CNCCO2)n1. The van der Waals surface area contributed by atoms with E-state index in [0.717, 1.165) is 24.5 Å². The summed E-state index contributed by atoms with van der Waals surface area (Å²) in [6.07, 6.45) is 4.41. The van der Waals surface area contributed by atoms with Crippen LogP contribution >= 0.6 is 0 Å². The highest BCUT2D eigenvalue weighted by Gasteiger charge is 2.17. The number of carbonyl (C=O) groups excluding carboxylic acids is 1. The average Bonchev–Trinajstić information content (AvgIpc) is 2.46. The van der Waals surface area contributed by atoms with Crippen molar-refractivity contribution in [3.63, 3.8) is 0 Å². The first kappa shape index (κ1) is 12.9. The van der Waals surface area contributed by atoms with E-state index in [4.69, 9.17) is 4.74 Å². The number of rotatable bonds is 4. The van der Waals surface area contributed by atoms with Gasteiger partial charge in [0.15, 0.2) is 0 Å². The highest BCUT2D eigenvalue weighted by Crippen LogP contribution is 2.16. The van der Waals surface area contributed by atoms with Crippen molar-refractivity contribution in [2.75, 3.05) is 26.7 Å². The molecule has 98 valence electrons. The molecule has 1 aromatic rings. The van der Waals surface area contributed by atoms with Crippen molar-refractivity contribution < 1.29 is 9.53 Å². The van der Waals surface area contributed by atoms with Crippen LogP contribution in [0.4, 0.5) is 0 Å². The molecule has 1 aliphatic rings. The first-order valence-corrected chi connectivity index (χ1v) is 6.13. The van der Waals surface area contributed by atoms with E-state index in [2.05, 4.69) is 20.6 Å². The van der Waals surface area contributed by atoms with Gasteiger partial charge in [0.25, 0.3) is 0 Å². The zero-order valence-corrected chi connectivity index (χ0v) is 10.5. The van der Waals surface area contributed by atoms with Gasteiger partial charge < -0.3 is 15.4 Å². The molecular formula is C12H18N4O2. The van der Waals surface area contributed by atoms with Gasteiger partial charge in [-0.2, -0.15) is 0 Å². The molecule has 0 aromatic carbocycles. The van der Waals surface area contributed by atoms with Crippen LogP contribution in [0.3, 0.4) is 0 Å². The van der Waals surface area contributed by atoms with Crippen molar-refractivity contribution in [2.24, 2.45) is 0 Å². The van der Waals surface area contributed by atoms with Gasteiger partial charge in [-0.3, -0.25) is 14.8 Å². The smallest absolute Gasteiger partial charge is 0.220 e. The van der Waals surface area contributed by atoms with Gasteiger partial charge in [-0.15, -0.1) is 0 Å². The Morgan fingerprint density at radius 1 is 1.61 bits per heavy atom. The van der Waals surface area contributed by atoms with E-state index >= 15 is 0 Å². The second-order valence-electron chi connectivity index (χ2n) is 4.17. The molecule has 1 saturated heterocycles. The van der Waals surface area contributed by atoms with E-state index < -0.39 is 0 Å². The Labute approximate surface area is 106 Å². The molecular weight excluding hydrogens is 232 g/mol. The van der Waals surface area contributed by atoms with Crippen LogP contribution in [0, 0.1) is 0 Å². The minimum absolute atomic E-state index is 0.0118. The highest BCUT2D eigenvalue weighted by atomic mass is 16.5. The summed E-state index contributed by atoms with van der Waals surface area (Å²) in [6, 6.07) is 0.